The van der Waals surface area contributed by atoms with Crippen LogP contribution in [0.3, 0.4) is 0 Å². The Bertz CT molecular complexity index is 611. The van der Waals surface area contributed by atoms with E-state index in [-0.39, 0.29) is 29.9 Å². The maximum absolute atomic E-state index is 12.3. The predicted molar refractivity (Wildman–Crippen MR) is 83.9 cm³/mol. The molecule has 0 aromatic heterocycles. The Morgan fingerprint density at radius 2 is 1.65 bits per heavy atom. The number of nitrogens with two attached hydrogens (primary N) is 1. The molecule has 2 aromatic carbocycles. The Balaban J connectivity index is 0.00000200. The number of halogens is 1. The van der Waals surface area contributed by atoms with Gasteiger partial charge in [0.15, 0.2) is 5.78 Å². The number of ketones is 1. The fourth-order valence-corrected chi connectivity index (χ4v) is 1.88. The zero-order chi connectivity index (χ0) is 13.8. The number of rotatable bonds is 4. The zero-order valence-electron chi connectivity index (χ0n) is 11.2. The molecule has 0 heterocycles. The van der Waals surface area contributed by atoms with Gasteiger partial charge in [-0.2, -0.15) is 0 Å². The molecule has 2 rings (SSSR count). The summed E-state index contributed by atoms with van der Waals surface area (Å²) in [4.78, 5) is 12.3. The van der Waals surface area contributed by atoms with Crippen LogP contribution in [0.15, 0.2) is 54.6 Å². The highest BCUT2D eigenvalue weighted by Gasteiger charge is 2.13. The highest BCUT2D eigenvalue weighted by molar-refractivity contribution is 6.09. The van der Waals surface area contributed by atoms with Gasteiger partial charge in [0, 0.05) is 17.0 Å². The number of carbonyl (C=O) groups is 1. The molecule has 4 heteroatoms. The largest absolute Gasteiger partial charge is 0.387 e. The molecule has 0 radical (unpaired) electrons. The van der Waals surface area contributed by atoms with Crippen molar-refractivity contribution in [1.82, 2.24) is 0 Å². The van der Waals surface area contributed by atoms with Crippen molar-refractivity contribution in [2.45, 2.75) is 12.8 Å². The number of carbonyl (C=O) groups excluding carboxylic acids is 1. The fourth-order valence-electron chi connectivity index (χ4n) is 1.88. The topological polar surface area (TPSA) is 66.9 Å². The molecular weight excluding hydrogens is 272 g/mol. The van der Waals surface area contributed by atoms with Crippen molar-refractivity contribution in [2.75, 3.05) is 0 Å². The van der Waals surface area contributed by atoms with Crippen molar-refractivity contribution in [3.63, 3.8) is 0 Å². The fraction of sp³-hybridized carbons (Fsp3) is 0.125. The van der Waals surface area contributed by atoms with E-state index in [1.54, 1.807) is 24.3 Å². The summed E-state index contributed by atoms with van der Waals surface area (Å²) in [5.74, 6) is -0.0916. The molecule has 0 saturated heterocycles. The SMILES string of the molecule is C[C@@H](C(=N)N)c1cccc(C(=O)c2ccccc2)c1.Cl. The van der Waals surface area contributed by atoms with Crippen LogP contribution in [0.1, 0.15) is 34.3 Å². The molecule has 3 N–H and O–H groups in total. The third kappa shape index (κ3) is 3.45. The Labute approximate surface area is 124 Å². The van der Waals surface area contributed by atoms with Gasteiger partial charge in [0.05, 0.1) is 5.84 Å². The highest BCUT2D eigenvalue weighted by atomic mass is 35.5. The van der Waals surface area contributed by atoms with Crippen molar-refractivity contribution < 1.29 is 4.79 Å². The average molecular weight is 289 g/mol. The van der Waals surface area contributed by atoms with Crippen LogP contribution in [0.2, 0.25) is 0 Å². The van der Waals surface area contributed by atoms with E-state index in [0.717, 1.165) is 5.56 Å². The van der Waals surface area contributed by atoms with Crippen LogP contribution in [-0.2, 0) is 0 Å². The third-order valence-electron chi connectivity index (χ3n) is 3.15. The molecule has 0 fully saturated rings. The number of hydrogen-bond donors (Lipinski definition) is 2. The van der Waals surface area contributed by atoms with Crippen molar-refractivity contribution in [1.29, 1.82) is 5.41 Å². The van der Waals surface area contributed by atoms with Crippen LogP contribution in [0.25, 0.3) is 0 Å². The first-order valence-electron chi connectivity index (χ1n) is 6.13. The van der Waals surface area contributed by atoms with E-state index in [0.29, 0.717) is 11.1 Å². The minimum Gasteiger partial charge on any atom is -0.387 e. The molecule has 0 aliphatic rings. The molecule has 2 aromatic rings. The molecule has 0 saturated carbocycles. The van der Waals surface area contributed by atoms with Crippen molar-refractivity contribution in [3.05, 3.63) is 71.3 Å². The molecular formula is C16H17ClN2O. The van der Waals surface area contributed by atoms with Gasteiger partial charge in [0.25, 0.3) is 0 Å². The monoisotopic (exact) mass is 288 g/mol. The van der Waals surface area contributed by atoms with Crippen LogP contribution in [0, 0.1) is 5.41 Å². The lowest BCUT2D eigenvalue weighted by Crippen LogP contribution is -2.18. The normalized spacial score (nSPS) is 11.2. The summed E-state index contributed by atoms with van der Waals surface area (Å²) >= 11 is 0. The molecule has 0 aliphatic carbocycles. The molecule has 1 atom stereocenters. The molecule has 0 bridgehead atoms. The summed E-state index contributed by atoms with van der Waals surface area (Å²) in [6, 6.07) is 16.5. The molecule has 0 aliphatic heterocycles. The molecule has 20 heavy (non-hydrogen) atoms. The summed E-state index contributed by atoms with van der Waals surface area (Å²) < 4.78 is 0. The van der Waals surface area contributed by atoms with Crippen LogP contribution < -0.4 is 5.73 Å². The summed E-state index contributed by atoms with van der Waals surface area (Å²) in [5.41, 5.74) is 7.67. The van der Waals surface area contributed by atoms with Gasteiger partial charge in [-0.1, -0.05) is 55.5 Å². The first-order chi connectivity index (χ1) is 9.09. The van der Waals surface area contributed by atoms with Gasteiger partial charge >= 0.3 is 0 Å². The molecule has 0 amide bonds. The van der Waals surface area contributed by atoms with E-state index in [4.69, 9.17) is 11.1 Å². The summed E-state index contributed by atoms with van der Waals surface area (Å²) in [6.07, 6.45) is 0. The Kier molecular flexibility index (Phi) is 5.47. The standard InChI is InChI=1S/C16H16N2O.ClH/c1-11(16(17)18)13-8-5-9-14(10-13)15(19)12-6-3-2-4-7-12;/h2-11H,1H3,(H3,17,18);1H/t11-;/m1./s1. The second-order valence-electron chi connectivity index (χ2n) is 4.50. The lowest BCUT2D eigenvalue weighted by molar-refractivity contribution is 0.103. The van der Waals surface area contributed by atoms with E-state index in [1.807, 2.05) is 37.3 Å². The van der Waals surface area contributed by atoms with E-state index < -0.39 is 0 Å². The van der Waals surface area contributed by atoms with E-state index in [9.17, 15) is 4.79 Å². The number of benzene rings is 2. The summed E-state index contributed by atoms with van der Waals surface area (Å²) in [6.45, 7) is 1.86. The quantitative estimate of drug-likeness (QED) is 0.514. The van der Waals surface area contributed by atoms with Crippen molar-refractivity contribution in [2.24, 2.45) is 5.73 Å². The first kappa shape index (κ1) is 15.9. The predicted octanol–water partition coefficient (Wildman–Crippen LogP) is 3.38. The highest BCUT2D eigenvalue weighted by Crippen LogP contribution is 2.18. The summed E-state index contributed by atoms with van der Waals surface area (Å²) in [5, 5.41) is 7.47. The number of amidine groups is 1. The third-order valence-corrected chi connectivity index (χ3v) is 3.15. The van der Waals surface area contributed by atoms with Crippen LogP contribution >= 0.6 is 12.4 Å². The van der Waals surface area contributed by atoms with E-state index >= 15 is 0 Å². The van der Waals surface area contributed by atoms with Crippen LogP contribution in [0.4, 0.5) is 0 Å². The number of nitrogens with one attached hydrogen (secondary N) is 1. The number of hydrogen-bond acceptors (Lipinski definition) is 2. The lowest BCUT2D eigenvalue weighted by Gasteiger charge is -2.11. The van der Waals surface area contributed by atoms with Crippen LogP contribution in [0.5, 0.6) is 0 Å². The van der Waals surface area contributed by atoms with Gasteiger partial charge in [-0.15, -0.1) is 12.4 Å². The van der Waals surface area contributed by atoms with Crippen molar-refractivity contribution >= 4 is 24.0 Å². The maximum Gasteiger partial charge on any atom is 0.193 e. The smallest absolute Gasteiger partial charge is 0.193 e. The van der Waals surface area contributed by atoms with Gasteiger partial charge in [-0.25, -0.2) is 0 Å². The molecule has 0 spiro atoms. The Morgan fingerprint density at radius 1 is 1.05 bits per heavy atom. The average Bonchev–Trinajstić information content (AvgIpc) is 2.46. The zero-order valence-corrected chi connectivity index (χ0v) is 12.0. The van der Waals surface area contributed by atoms with Crippen LogP contribution in [-0.4, -0.2) is 11.6 Å². The van der Waals surface area contributed by atoms with Crippen molar-refractivity contribution in [3.8, 4) is 0 Å². The van der Waals surface area contributed by atoms with Gasteiger partial charge in [-0.3, -0.25) is 10.2 Å². The minimum atomic E-state index is -0.177. The lowest BCUT2D eigenvalue weighted by atomic mass is 9.95. The van der Waals surface area contributed by atoms with Gasteiger partial charge in [0.1, 0.15) is 0 Å². The van der Waals surface area contributed by atoms with E-state index in [1.165, 1.54) is 0 Å². The first-order valence-corrected chi connectivity index (χ1v) is 6.13. The Hall–Kier alpha value is -2.13. The maximum atomic E-state index is 12.3. The molecule has 3 nitrogen and oxygen atoms in total. The second kappa shape index (κ2) is 6.87. The Morgan fingerprint density at radius 3 is 2.25 bits per heavy atom. The molecule has 0 unspecified atom stereocenters. The van der Waals surface area contributed by atoms with Gasteiger partial charge in [0.2, 0.25) is 0 Å². The summed E-state index contributed by atoms with van der Waals surface area (Å²) in [7, 11) is 0. The molecule has 104 valence electrons. The second-order valence-corrected chi connectivity index (χ2v) is 4.50. The van der Waals surface area contributed by atoms with Gasteiger partial charge in [-0.05, 0) is 11.6 Å². The van der Waals surface area contributed by atoms with E-state index in [2.05, 4.69) is 0 Å². The minimum absolute atomic E-state index is 0. The van der Waals surface area contributed by atoms with Gasteiger partial charge < -0.3 is 5.73 Å².